The lowest BCUT2D eigenvalue weighted by molar-refractivity contribution is 0.242. The van der Waals surface area contributed by atoms with Gasteiger partial charge in [-0.1, -0.05) is 30.4 Å². The zero-order valence-electron chi connectivity index (χ0n) is 9.23. The van der Waals surface area contributed by atoms with Crippen molar-refractivity contribution in [3.05, 3.63) is 41.5 Å². The molecule has 0 heterocycles. The van der Waals surface area contributed by atoms with Crippen LogP contribution in [0.1, 0.15) is 11.1 Å². The number of benzene rings is 1. The van der Waals surface area contributed by atoms with Crippen molar-refractivity contribution in [3.63, 3.8) is 0 Å². The van der Waals surface area contributed by atoms with Gasteiger partial charge in [-0.05, 0) is 17.2 Å². The monoisotopic (exact) mass is 220 g/mol. The van der Waals surface area contributed by atoms with E-state index in [1.54, 1.807) is 13.1 Å². The Balaban J connectivity index is 2.60. The van der Waals surface area contributed by atoms with Gasteiger partial charge in [0.1, 0.15) is 0 Å². The summed E-state index contributed by atoms with van der Waals surface area (Å²) in [7, 11) is 1.58. The van der Waals surface area contributed by atoms with Crippen molar-refractivity contribution in [2.75, 3.05) is 13.7 Å². The van der Waals surface area contributed by atoms with Crippen LogP contribution in [-0.4, -0.2) is 24.8 Å². The molecule has 0 bridgehead atoms. The lowest BCUT2D eigenvalue weighted by Gasteiger charge is -2.05. The molecule has 1 rings (SSSR count). The van der Waals surface area contributed by atoms with E-state index in [0.717, 1.165) is 11.1 Å². The van der Waals surface area contributed by atoms with Crippen molar-refractivity contribution in [1.82, 2.24) is 10.6 Å². The van der Waals surface area contributed by atoms with Gasteiger partial charge in [-0.15, -0.1) is 0 Å². The Kier molecular flexibility index (Phi) is 5.08. The van der Waals surface area contributed by atoms with Gasteiger partial charge in [-0.3, -0.25) is 0 Å². The third-order valence-corrected chi connectivity index (χ3v) is 2.05. The molecule has 0 spiro atoms. The van der Waals surface area contributed by atoms with E-state index in [0.29, 0.717) is 6.54 Å². The van der Waals surface area contributed by atoms with Gasteiger partial charge in [-0.25, -0.2) is 4.79 Å². The maximum absolute atomic E-state index is 11.0. The van der Waals surface area contributed by atoms with Crippen LogP contribution in [0.15, 0.2) is 30.3 Å². The molecular formula is C12H16N2O2. The number of urea groups is 1. The van der Waals surface area contributed by atoms with E-state index in [9.17, 15) is 4.79 Å². The Morgan fingerprint density at radius 3 is 3.00 bits per heavy atom. The summed E-state index contributed by atoms with van der Waals surface area (Å²) in [5, 5.41) is 13.8. The third-order valence-electron chi connectivity index (χ3n) is 2.05. The van der Waals surface area contributed by atoms with Crippen LogP contribution in [0.5, 0.6) is 0 Å². The predicted octanol–water partition coefficient (Wildman–Crippen LogP) is 1.12. The highest BCUT2D eigenvalue weighted by atomic mass is 16.2. The number of aliphatic hydroxyl groups is 1. The molecule has 0 aliphatic heterocycles. The topological polar surface area (TPSA) is 61.4 Å². The molecule has 0 unspecified atom stereocenters. The van der Waals surface area contributed by atoms with E-state index >= 15 is 0 Å². The molecule has 0 fully saturated rings. The van der Waals surface area contributed by atoms with Crippen LogP contribution in [0.4, 0.5) is 4.79 Å². The molecule has 16 heavy (non-hydrogen) atoms. The fourth-order valence-corrected chi connectivity index (χ4v) is 1.27. The Hall–Kier alpha value is -1.81. The number of carbonyl (C=O) groups is 1. The molecular weight excluding hydrogens is 204 g/mol. The van der Waals surface area contributed by atoms with Gasteiger partial charge in [0, 0.05) is 13.6 Å². The maximum atomic E-state index is 11.0. The lowest BCUT2D eigenvalue weighted by Crippen LogP contribution is -2.32. The van der Waals surface area contributed by atoms with Gasteiger partial charge in [0.15, 0.2) is 0 Å². The largest absolute Gasteiger partial charge is 0.392 e. The fraction of sp³-hybridized carbons (Fsp3) is 0.250. The van der Waals surface area contributed by atoms with Crippen molar-refractivity contribution >= 4 is 12.1 Å². The van der Waals surface area contributed by atoms with E-state index in [4.69, 9.17) is 5.11 Å². The molecule has 0 aromatic heterocycles. The van der Waals surface area contributed by atoms with E-state index in [1.807, 2.05) is 30.3 Å². The summed E-state index contributed by atoms with van der Waals surface area (Å²) in [5.74, 6) is 0. The minimum Gasteiger partial charge on any atom is -0.392 e. The highest BCUT2D eigenvalue weighted by molar-refractivity contribution is 5.73. The first-order valence-electron chi connectivity index (χ1n) is 5.08. The molecule has 0 saturated heterocycles. The zero-order valence-corrected chi connectivity index (χ0v) is 9.23. The number of amides is 2. The second-order valence-electron chi connectivity index (χ2n) is 3.26. The SMILES string of the molecule is CNC(=O)NCc1cccc(C=CCO)c1. The highest BCUT2D eigenvalue weighted by Crippen LogP contribution is 2.06. The average Bonchev–Trinajstić information content (AvgIpc) is 2.34. The number of hydrogen-bond acceptors (Lipinski definition) is 2. The van der Waals surface area contributed by atoms with Gasteiger partial charge in [-0.2, -0.15) is 0 Å². The first-order valence-corrected chi connectivity index (χ1v) is 5.08. The Labute approximate surface area is 95.0 Å². The predicted molar refractivity (Wildman–Crippen MR) is 63.9 cm³/mol. The second-order valence-corrected chi connectivity index (χ2v) is 3.26. The smallest absolute Gasteiger partial charge is 0.314 e. The summed E-state index contributed by atoms with van der Waals surface area (Å²) in [5.41, 5.74) is 2.02. The summed E-state index contributed by atoms with van der Waals surface area (Å²) in [6.45, 7) is 0.515. The second kappa shape index (κ2) is 6.63. The van der Waals surface area contributed by atoms with Crippen molar-refractivity contribution in [2.24, 2.45) is 0 Å². The molecule has 4 nitrogen and oxygen atoms in total. The van der Waals surface area contributed by atoms with Gasteiger partial charge >= 0.3 is 6.03 Å². The van der Waals surface area contributed by atoms with E-state index in [1.165, 1.54) is 0 Å². The average molecular weight is 220 g/mol. The van der Waals surface area contributed by atoms with Crippen molar-refractivity contribution in [3.8, 4) is 0 Å². The summed E-state index contributed by atoms with van der Waals surface area (Å²) >= 11 is 0. The number of carbonyl (C=O) groups excluding carboxylic acids is 1. The quantitative estimate of drug-likeness (QED) is 0.712. The number of hydrogen-bond donors (Lipinski definition) is 3. The summed E-state index contributed by atoms with van der Waals surface area (Å²) in [4.78, 5) is 11.0. The van der Waals surface area contributed by atoms with Crippen LogP contribution in [0.2, 0.25) is 0 Å². The molecule has 3 N–H and O–H groups in total. The molecule has 2 amide bonds. The van der Waals surface area contributed by atoms with Crippen molar-refractivity contribution in [2.45, 2.75) is 6.54 Å². The molecule has 0 aliphatic rings. The standard InChI is InChI=1S/C12H16N2O2/c1-13-12(16)14-9-11-5-2-4-10(8-11)6-3-7-15/h2-6,8,15H,7,9H2,1H3,(H2,13,14,16). The molecule has 1 aromatic carbocycles. The zero-order chi connectivity index (χ0) is 11.8. The van der Waals surface area contributed by atoms with E-state index in [-0.39, 0.29) is 12.6 Å². The fourth-order valence-electron chi connectivity index (χ4n) is 1.27. The third kappa shape index (κ3) is 4.14. The lowest BCUT2D eigenvalue weighted by atomic mass is 10.1. The van der Waals surface area contributed by atoms with Gasteiger partial charge in [0.05, 0.1) is 6.61 Å². The highest BCUT2D eigenvalue weighted by Gasteiger charge is 1.97. The van der Waals surface area contributed by atoms with Crippen LogP contribution < -0.4 is 10.6 Å². The van der Waals surface area contributed by atoms with Crippen LogP contribution >= 0.6 is 0 Å². The normalized spacial score (nSPS) is 10.4. The number of nitrogens with one attached hydrogen (secondary N) is 2. The van der Waals surface area contributed by atoms with Gasteiger partial charge < -0.3 is 15.7 Å². The van der Waals surface area contributed by atoms with Crippen LogP contribution in [0.3, 0.4) is 0 Å². The van der Waals surface area contributed by atoms with Crippen LogP contribution in [0, 0.1) is 0 Å². The van der Waals surface area contributed by atoms with E-state index in [2.05, 4.69) is 10.6 Å². The Bertz CT molecular complexity index is 375. The summed E-state index contributed by atoms with van der Waals surface area (Å²) in [6.07, 6.45) is 3.51. The van der Waals surface area contributed by atoms with Crippen molar-refractivity contribution < 1.29 is 9.90 Å². The maximum Gasteiger partial charge on any atom is 0.314 e. The molecule has 4 heteroatoms. The summed E-state index contributed by atoms with van der Waals surface area (Å²) in [6, 6.07) is 7.55. The molecule has 0 aliphatic carbocycles. The molecule has 0 saturated carbocycles. The van der Waals surface area contributed by atoms with Crippen LogP contribution in [0.25, 0.3) is 6.08 Å². The minimum atomic E-state index is -0.198. The van der Waals surface area contributed by atoms with E-state index < -0.39 is 0 Å². The number of rotatable bonds is 4. The molecule has 86 valence electrons. The first-order chi connectivity index (χ1) is 7.76. The van der Waals surface area contributed by atoms with Crippen LogP contribution in [-0.2, 0) is 6.54 Å². The molecule has 1 aromatic rings. The molecule has 0 radical (unpaired) electrons. The summed E-state index contributed by atoms with van der Waals surface area (Å²) < 4.78 is 0. The molecule has 0 atom stereocenters. The van der Waals surface area contributed by atoms with Gasteiger partial charge in [0.2, 0.25) is 0 Å². The first kappa shape index (κ1) is 12.3. The Morgan fingerprint density at radius 1 is 1.50 bits per heavy atom. The Morgan fingerprint density at radius 2 is 2.31 bits per heavy atom. The van der Waals surface area contributed by atoms with Gasteiger partial charge in [0.25, 0.3) is 0 Å². The number of aliphatic hydroxyl groups excluding tert-OH is 1. The van der Waals surface area contributed by atoms with Crippen molar-refractivity contribution in [1.29, 1.82) is 0 Å². The minimum absolute atomic E-state index is 0.0285.